The van der Waals surface area contributed by atoms with Crippen LogP contribution in [0.5, 0.6) is 0 Å². The van der Waals surface area contributed by atoms with Crippen molar-refractivity contribution in [3.63, 3.8) is 0 Å². The molecule has 0 aliphatic carbocycles. The highest BCUT2D eigenvalue weighted by Gasteiger charge is 2.04. The van der Waals surface area contributed by atoms with Gasteiger partial charge in [-0.2, -0.15) is 0 Å². The maximum atomic E-state index is 12.4. The van der Waals surface area contributed by atoms with Gasteiger partial charge in [0.2, 0.25) is 0 Å². The molecule has 0 radical (unpaired) electrons. The van der Waals surface area contributed by atoms with Gasteiger partial charge in [-0.1, -0.05) is 0 Å². The van der Waals surface area contributed by atoms with E-state index in [4.69, 9.17) is 11.9 Å². The summed E-state index contributed by atoms with van der Waals surface area (Å²) in [4.78, 5) is 11.0. The second kappa shape index (κ2) is 4.94. The first-order valence-corrected chi connectivity index (χ1v) is 4.20. The van der Waals surface area contributed by atoms with Gasteiger partial charge in [-0.3, -0.25) is 0 Å². The van der Waals surface area contributed by atoms with Crippen molar-refractivity contribution in [1.82, 2.24) is 0 Å². The summed E-state index contributed by atoms with van der Waals surface area (Å²) in [5, 5.41) is 0. The number of carbonyl (C=O) groups excluding carboxylic acids is 1. The third kappa shape index (κ3) is 3.52. The van der Waals surface area contributed by atoms with Gasteiger partial charge in [0.05, 0.1) is 12.0 Å². The highest BCUT2D eigenvalue weighted by Crippen LogP contribution is 2.19. The molecule has 0 atom stereocenters. The fraction of sp³-hybridized carbons (Fsp3) is 0. The van der Waals surface area contributed by atoms with Crippen molar-refractivity contribution in [3.8, 4) is 0 Å². The minimum Gasteiger partial charge on any atom is -0.353 e. The van der Waals surface area contributed by atoms with Crippen molar-refractivity contribution in [3.05, 3.63) is 30.1 Å². The van der Waals surface area contributed by atoms with Gasteiger partial charge in [0.15, 0.2) is 0 Å². The smallest absolute Gasteiger partial charge is 0.353 e. The topological polar surface area (TPSA) is 35.5 Å². The number of benzene rings is 1. The van der Waals surface area contributed by atoms with Crippen LogP contribution in [0, 0.1) is 5.82 Å². The van der Waals surface area contributed by atoms with Crippen LogP contribution in [0.2, 0.25) is 0 Å². The summed E-state index contributed by atoms with van der Waals surface area (Å²) in [7, 11) is 0. The maximum absolute atomic E-state index is 12.4. The summed E-state index contributed by atoms with van der Waals surface area (Å²) >= 11 is 5.43. The van der Waals surface area contributed by atoms with E-state index in [0.29, 0.717) is 4.90 Å². The Labute approximate surface area is 83.2 Å². The summed E-state index contributed by atoms with van der Waals surface area (Å²) in [5.41, 5.74) is 0. The van der Waals surface area contributed by atoms with Gasteiger partial charge in [0, 0.05) is 4.90 Å². The Balaban J connectivity index is 2.46. The predicted molar refractivity (Wildman–Crippen MR) is 45.7 cm³/mol. The summed E-state index contributed by atoms with van der Waals surface area (Å²) in [5.74, 6) is -0.357. The van der Waals surface area contributed by atoms with Crippen molar-refractivity contribution in [1.29, 1.82) is 0 Å². The van der Waals surface area contributed by atoms with Crippen LogP contribution in [-0.4, -0.2) is 6.16 Å². The molecule has 0 saturated carbocycles. The number of rotatable bonds is 2. The molecule has 70 valence electrons. The Kier molecular flexibility index (Phi) is 3.85. The van der Waals surface area contributed by atoms with Gasteiger partial charge in [-0.25, -0.2) is 9.18 Å². The molecule has 3 nitrogen and oxygen atoms in total. The van der Waals surface area contributed by atoms with Crippen LogP contribution in [0.15, 0.2) is 29.2 Å². The minimum absolute atomic E-state index is 0.357. The third-order valence-electron chi connectivity index (χ3n) is 1.08. The first-order valence-electron chi connectivity index (χ1n) is 3.15. The van der Waals surface area contributed by atoms with Gasteiger partial charge in [-0.15, -0.1) is 0 Å². The first kappa shape index (κ1) is 10.1. The standard InChI is InChI=1S/C7H4ClFO3S/c8-11-7(10)12-13-6-3-1-5(9)2-4-6/h1-4H. The second-order valence-corrected chi connectivity index (χ2v) is 2.91. The average molecular weight is 223 g/mol. The van der Waals surface area contributed by atoms with Gasteiger partial charge >= 0.3 is 6.16 Å². The Morgan fingerprint density at radius 1 is 1.38 bits per heavy atom. The van der Waals surface area contributed by atoms with E-state index in [-0.39, 0.29) is 5.82 Å². The zero-order valence-electron chi connectivity index (χ0n) is 6.20. The molecule has 0 aromatic heterocycles. The van der Waals surface area contributed by atoms with Crippen LogP contribution in [0.3, 0.4) is 0 Å². The van der Waals surface area contributed by atoms with Crippen LogP contribution in [0.4, 0.5) is 9.18 Å². The summed E-state index contributed by atoms with van der Waals surface area (Å²) in [6.07, 6.45) is -1.02. The SMILES string of the molecule is O=C(OCl)OSc1ccc(F)cc1. The molecule has 0 spiro atoms. The Morgan fingerprint density at radius 2 is 2.00 bits per heavy atom. The molecule has 0 amide bonds. The molecule has 0 N–H and O–H groups in total. The van der Waals surface area contributed by atoms with Crippen molar-refractivity contribution in [2.45, 2.75) is 4.90 Å². The monoisotopic (exact) mass is 222 g/mol. The molecular formula is C7H4ClFO3S. The lowest BCUT2D eigenvalue weighted by Crippen LogP contribution is -1.93. The molecule has 0 fully saturated rings. The molecule has 0 aliphatic rings. The first-order chi connectivity index (χ1) is 6.22. The van der Waals surface area contributed by atoms with Crippen LogP contribution in [-0.2, 0) is 8.47 Å². The van der Waals surface area contributed by atoms with Crippen LogP contribution < -0.4 is 0 Å². The molecule has 1 aromatic carbocycles. The van der Waals surface area contributed by atoms with Crippen LogP contribution in [0.1, 0.15) is 0 Å². The Morgan fingerprint density at radius 3 is 2.54 bits per heavy atom. The average Bonchev–Trinajstić information content (AvgIpc) is 2.16. The van der Waals surface area contributed by atoms with Gasteiger partial charge in [0.25, 0.3) is 0 Å². The molecule has 0 saturated heterocycles. The molecule has 0 bridgehead atoms. The van der Waals surface area contributed by atoms with Gasteiger partial charge in [0.1, 0.15) is 17.7 Å². The molecule has 0 heterocycles. The van der Waals surface area contributed by atoms with Crippen LogP contribution >= 0.6 is 23.9 Å². The van der Waals surface area contributed by atoms with E-state index in [1.54, 1.807) is 0 Å². The molecule has 6 heteroatoms. The number of carbonyl (C=O) groups is 1. The van der Waals surface area contributed by atoms with E-state index < -0.39 is 6.16 Å². The lowest BCUT2D eigenvalue weighted by atomic mass is 10.4. The van der Waals surface area contributed by atoms with E-state index in [0.717, 1.165) is 12.0 Å². The normalized spacial score (nSPS) is 9.38. The highest BCUT2D eigenvalue weighted by molar-refractivity contribution is 7.95. The lowest BCUT2D eigenvalue weighted by Gasteiger charge is -1.98. The summed E-state index contributed by atoms with van der Waals surface area (Å²) in [6, 6.07) is 5.42. The predicted octanol–water partition coefficient (Wildman–Crippen LogP) is 3.14. The number of hydrogen-bond acceptors (Lipinski definition) is 4. The van der Waals surface area contributed by atoms with Crippen molar-refractivity contribution in [2.75, 3.05) is 0 Å². The zero-order chi connectivity index (χ0) is 9.68. The highest BCUT2D eigenvalue weighted by atomic mass is 35.5. The maximum Gasteiger partial charge on any atom is 0.539 e. The van der Waals surface area contributed by atoms with E-state index in [1.807, 2.05) is 0 Å². The third-order valence-corrected chi connectivity index (χ3v) is 1.89. The summed E-state index contributed by atoms with van der Waals surface area (Å²) in [6.45, 7) is 0. The fourth-order valence-corrected chi connectivity index (χ4v) is 1.10. The molecule has 1 rings (SSSR count). The second-order valence-electron chi connectivity index (χ2n) is 1.95. The number of hydrogen-bond donors (Lipinski definition) is 0. The molecule has 1 aromatic rings. The lowest BCUT2D eigenvalue weighted by molar-refractivity contribution is 0.165. The van der Waals surface area contributed by atoms with E-state index >= 15 is 0 Å². The van der Waals surface area contributed by atoms with Crippen LogP contribution in [0.25, 0.3) is 0 Å². The fourth-order valence-electron chi connectivity index (χ4n) is 0.585. The zero-order valence-corrected chi connectivity index (χ0v) is 7.77. The Bertz CT molecular complexity index is 290. The summed E-state index contributed by atoms with van der Waals surface area (Å²) < 4.78 is 20.5. The van der Waals surface area contributed by atoms with Crippen molar-refractivity contribution in [2.24, 2.45) is 0 Å². The van der Waals surface area contributed by atoms with Crippen molar-refractivity contribution >= 4 is 30.1 Å². The van der Waals surface area contributed by atoms with Crippen molar-refractivity contribution < 1.29 is 17.7 Å². The van der Waals surface area contributed by atoms with E-state index in [2.05, 4.69) is 8.47 Å². The molecule has 13 heavy (non-hydrogen) atoms. The quantitative estimate of drug-likeness (QED) is 0.721. The molecule has 0 aliphatic heterocycles. The van der Waals surface area contributed by atoms with E-state index in [9.17, 15) is 9.18 Å². The minimum atomic E-state index is -1.02. The largest absolute Gasteiger partial charge is 0.539 e. The van der Waals surface area contributed by atoms with E-state index in [1.165, 1.54) is 24.3 Å². The molecule has 0 unspecified atom stereocenters. The Hall–Kier alpha value is -0.940. The van der Waals surface area contributed by atoms with Gasteiger partial charge in [-0.05, 0) is 24.3 Å². The number of halogens is 2. The molecular weight excluding hydrogens is 219 g/mol. The van der Waals surface area contributed by atoms with Gasteiger partial charge < -0.3 is 8.47 Å².